The van der Waals surface area contributed by atoms with Gasteiger partial charge in [-0.1, -0.05) is 6.07 Å². The zero-order valence-electron chi connectivity index (χ0n) is 12.5. The Morgan fingerprint density at radius 2 is 2.40 bits per heavy atom. The summed E-state index contributed by atoms with van der Waals surface area (Å²) in [6, 6.07) is 4.10. The second-order valence-corrected chi connectivity index (χ2v) is 6.81. The number of hydrogen-bond acceptors (Lipinski definition) is 4. The number of nitrogens with zero attached hydrogens (tertiary/aromatic N) is 1. The van der Waals surface area contributed by atoms with E-state index in [4.69, 9.17) is 4.74 Å². The molecule has 5 heteroatoms. The molecule has 1 unspecified atom stereocenters. The van der Waals surface area contributed by atoms with Crippen LogP contribution >= 0.6 is 11.3 Å². The van der Waals surface area contributed by atoms with Gasteiger partial charge in [0.25, 0.3) is 0 Å². The highest BCUT2D eigenvalue weighted by atomic mass is 32.1. The molecule has 0 aliphatic carbocycles. The Bertz CT molecular complexity index is 425. The fraction of sp³-hybridized carbons (Fsp3) is 0.667. The van der Waals surface area contributed by atoms with Gasteiger partial charge in [-0.3, -0.25) is 4.79 Å². The summed E-state index contributed by atoms with van der Waals surface area (Å²) in [6.45, 7) is 6.02. The predicted octanol–water partition coefficient (Wildman–Crippen LogP) is 2.25. The minimum Gasteiger partial charge on any atom is -0.376 e. The molecule has 1 N–H and O–H groups in total. The van der Waals surface area contributed by atoms with Crippen LogP contribution in [0.4, 0.5) is 0 Å². The van der Waals surface area contributed by atoms with Gasteiger partial charge < -0.3 is 15.0 Å². The molecule has 20 heavy (non-hydrogen) atoms. The van der Waals surface area contributed by atoms with E-state index in [-0.39, 0.29) is 12.0 Å². The molecule has 0 spiro atoms. The molecule has 4 nitrogen and oxygen atoms in total. The van der Waals surface area contributed by atoms with Crippen LogP contribution in [0.3, 0.4) is 0 Å². The SMILES string of the molecule is CNC(C)(C)C(=O)N(Cc1cccs1)CC1CCCO1. The van der Waals surface area contributed by atoms with Crippen molar-refractivity contribution >= 4 is 17.2 Å². The largest absolute Gasteiger partial charge is 0.376 e. The van der Waals surface area contributed by atoms with E-state index >= 15 is 0 Å². The number of amides is 1. The molecule has 0 radical (unpaired) electrons. The highest BCUT2D eigenvalue weighted by Crippen LogP contribution is 2.19. The topological polar surface area (TPSA) is 41.6 Å². The molecular formula is C15H24N2O2S. The first kappa shape index (κ1) is 15.5. The van der Waals surface area contributed by atoms with Crippen molar-refractivity contribution in [1.29, 1.82) is 0 Å². The number of thiophene rings is 1. The van der Waals surface area contributed by atoms with E-state index in [1.807, 2.05) is 37.2 Å². The number of rotatable bonds is 6. The standard InChI is InChI=1S/C15H24N2O2S/c1-15(2,16-3)14(18)17(10-12-6-4-8-19-12)11-13-7-5-9-20-13/h5,7,9,12,16H,4,6,8,10-11H2,1-3H3. The van der Waals surface area contributed by atoms with E-state index in [1.54, 1.807) is 11.3 Å². The van der Waals surface area contributed by atoms with Crippen LogP contribution in [0.5, 0.6) is 0 Å². The lowest BCUT2D eigenvalue weighted by Crippen LogP contribution is -2.53. The van der Waals surface area contributed by atoms with Gasteiger partial charge in [-0.2, -0.15) is 0 Å². The van der Waals surface area contributed by atoms with E-state index in [0.29, 0.717) is 13.1 Å². The summed E-state index contributed by atoms with van der Waals surface area (Å²) in [5.74, 6) is 0.129. The van der Waals surface area contributed by atoms with Crippen LogP contribution in [0.2, 0.25) is 0 Å². The fourth-order valence-corrected chi connectivity index (χ4v) is 3.07. The first-order chi connectivity index (χ1) is 9.53. The van der Waals surface area contributed by atoms with Gasteiger partial charge in [-0.15, -0.1) is 11.3 Å². The number of likely N-dealkylation sites (N-methyl/N-ethyl adjacent to an activating group) is 1. The lowest BCUT2D eigenvalue weighted by molar-refractivity contribution is -0.139. The Kier molecular flexibility index (Phi) is 5.18. The average Bonchev–Trinajstić information content (AvgIpc) is 3.10. The van der Waals surface area contributed by atoms with Gasteiger partial charge in [0.05, 0.1) is 18.2 Å². The third-order valence-electron chi connectivity index (χ3n) is 3.82. The van der Waals surface area contributed by atoms with E-state index < -0.39 is 5.54 Å². The predicted molar refractivity (Wildman–Crippen MR) is 81.8 cm³/mol. The number of ether oxygens (including phenoxy) is 1. The Balaban J connectivity index is 2.08. The molecule has 1 aliphatic rings. The molecule has 0 saturated carbocycles. The monoisotopic (exact) mass is 296 g/mol. The normalized spacial score (nSPS) is 19.2. The van der Waals surface area contributed by atoms with Gasteiger partial charge in [-0.25, -0.2) is 0 Å². The molecule has 1 amide bonds. The molecule has 112 valence electrons. The van der Waals surface area contributed by atoms with Crippen molar-refractivity contribution in [3.05, 3.63) is 22.4 Å². The van der Waals surface area contributed by atoms with E-state index in [9.17, 15) is 4.79 Å². The zero-order chi connectivity index (χ0) is 14.6. The van der Waals surface area contributed by atoms with Gasteiger partial charge in [-0.05, 0) is 45.2 Å². The Morgan fingerprint density at radius 1 is 1.60 bits per heavy atom. The molecule has 1 fully saturated rings. The Morgan fingerprint density at radius 3 is 2.95 bits per heavy atom. The molecule has 0 aromatic carbocycles. The first-order valence-electron chi connectivity index (χ1n) is 7.15. The summed E-state index contributed by atoms with van der Waals surface area (Å²) >= 11 is 1.69. The number of carbonyl (C=O) groups excluding carboxylic acids is 1. The molecule has 1 aromatic heterocycles. The molecule has 1 aliphatic heterocycles. The number of nitrogens with one attached hydrogen (secondary N) is 1. The van der Waals surface area contributed by atoms with Crippen molar-refractivity contribution in [3.8, 4) is 0 Å². The third kappa shape index (κ3) is 3.81. The summed E-state index contributed by atoms with van der Waals surface area (Å²) in [7, 11) is 1.83. The quantitative estimate of drug-likeness (QED) is 0.875. The first-order valence-corrected chi connectivity index (χ1v) is 8.03. The summed E-state index contributed by atoms with van der Waals surface area (Å²) in [5, 5.41) is 5.15. The summed E-state index contributed by atoms with van der Waals surface area (Å²) in [4.78, 5) is 15.9. The van der Waals surface area contributed by atoms with Crippen molar-refractivity contribution in [3.63, 3.8) is 0 Å². The van der Waals surface area contributed by atoms with E-state index in [2.05, 4.69) is 11.4 Å². The van der Waals surface area contributed by atoms with Crippen molar-refractivity contribution in [2.75, 3.05) is 20.2 Å². The lowest BCUT2D eigenvalue weighted by Gasteiger charge is -2.33. The van der Waals surface area contributed by atoms with Gasteiger partial charge in [0.15, 0.2) is 0 Å². The smallest absolute Gasteiger partial charge is 0.242 e. The fourth-order valence-electron chi connectivity index (χ4n) is 2.35. The molecule has 1 saturated heterocycles. The van der Waals surface area contributed by atoms with Crippen molar-refractivity contribution in [2.45, 2.75) is 44.9 Å². The van der Waals surface area contributed by atoms with Crippen LogP contribution in [0.15, 0.2) is 17.5 Å². The van der Waals surface area contributed by atoms with Crippen molar-refractivity contribution in [2.24, 2.45) is 0 Å². The highest BCUT2D eigenvalue weighted by Gasteiger charge is 2.32. The van der Waals surface area contributed by atoms with Crippen LogP contribution in [0, 0.1) is 0 Å². The van der Waals surface area contributed by atoms with Gasteiger partial charge in [0.1, 0.15) is 0 Å². The second kappa shape index (κ2) is 6.70. The minimum atomic E-state index is -0.546. The van der Waals surface area contributed by atoms with E-state index in [1.165, 1.54) is 4.88 Å². The molecule has 2 rings (SSSR count). The summed E-state index contributed by atoms with van der Waals surface area (Å²) in [5.41, 5.74) is -0.546. The third-order valence-corrected chi connectivity index (χ3v) is 4.68. The molecule has 1 aromatic rings. The van der Waals surface area contributed by atoms with Gasteiger partial charge >= 0.3 is 0 Å². The van der Waals surface area contributed by atoms with Crippen LogP contribution in [0.1, 0.15) is 31.6 Å². The molecule has 2 heterocycles. The van der Waals surface area contributed by atoms with Crippen LogP contribution in [-0.4, -0.2) is 42.6 Å². The van der Waals surface area contributed by atoms with Crippen LogP contribution < -0.4 is 5.32 Å². The Labute approximate surface area is 125 Å². The average molecular weight is 296 g/mol. The summed E-state index contributed by atoms with van der Waals surface area (Å²) < 4.78 is 5.69. The Hall–Kier alpha value is -0.910. The zero-order valence-corrected chi connectivity index (χ0v) is 13.3. The van der Waals surface area contributed by atoms with E-state index in [0.717, 1.165) is 19.4 Å². The lowest BCUT2D eigenvalue weighted by atomic mass is 10.0. The maximum Gasteiger partial charge on any atom is 0.242 e. The molecule has 0 bridgehead atoms. The maximum absolute atomic E-state index is 12.7. The van der Waals surface area contributed by atoms with Crippen LogP contribution in [-0.2, 0) is 16.1 Å². The second-order valence-electron chi connectivity index (χ2n) is 5.78. The van der Waals surface area contributed by atoms with Gasteiger partial charge in [0, 0.05) is 18.0 Å². The van der Waals surface area contributed by atoms with Crippen molar-refractivity contribution < 1.29 is 9.53 Å². The molecular weight excluding hydrogens is 272 g/mol. The van der Waals surface area contributed by atoms with Crippen molar-refractivity contribution in [1.82, 2.24) is 10.2 Å². The molecule has 1 atom stereocenters. The number of hydrogen-bond donors (Lipinski definition) is 1. The van der Waals surface area contributed by atoms with Crippen LogP contribution in [0.25, 0.3) is 0 Å². The number of carbonyl (C=O) groups is 1. The summed E-state index contributed by atoms with van der Waals surface area (Å²) in [6.07, 6.45) is 2.33. The highest BCUT2D eigenvalue weighted by molar-refractivity contribution is 7.09. The maximum atomic E-state index is 12.7. The van der Waals surface area contributed by atoms with Gasteiger partial charge in [0.2, 0.25) is 5.91 Å². The minimum absolute atomic E-state index is 0.129.